The Morgan fingerprint density at radius 1 is 0.938 bits per heavy atom. The molecule has 0 saturated heterocycles. The summed E-state index contributed by atoms with van der Waals surface area (Å²) < 4.78 is 38.1. The van der Waals surface area contributed by atoms with Crippen molar-refractivity contribution in [3.05, 3.63) is 118 Å². The minimum absolute atomic E-state index is 0.00638. The first-order valence-corrected chi connectivity index (χ1v) is 22.6. The molecular formula is C49H63N3O13. The molecule has 0 radical (unpaired) electrons. The minimum atomic E-state index is -1.56. The van der Waals surface area contributed by atoms with E-state index in [1.54, 1.807) is 35.2 Å². The number of carbonyl (C=O) groups is 1. The first-order chi connectivity index (χ1) is 31.8. The molecule has 0 unspecified atom stereocenters. The summed E-state index contributed by atoms with van der Waals surface area (Å²) in [4.78, 5) is 33.2. The molecule has 16 heteroatoms. The van der Waals surface area contributed by atoms with Crippen molar-refractivity contribution in [2.75, 3.05) is 66.0 Å². The van der Waals surface area contributed by atoms with Crippen molar-refractivity contribution in [3.63, 3.8) is 0 Å². The number of aliphatic hydroxyl groups excluding tert-OH is 3. The van der Waals surface area contributed by atoms with E-state index in [-0.39, 0.29) is 95.0 Å². The van der Waals surface area contributed by atoms with Crippen molar-refractivity contribution in [3.8, 4) is 17.2 Å². The second kappa shape index (κ2) is 24.8. The molecule has 0 aromatic heterocycles. The largest absolute Gasteiger partial charge is 0.459 e. The number of ether oxygens (including phenoxy) is 6. The third-order valence-corrected chi connectivity index (χ3v) is 12.1. The molecule has 1 fully saturated rings. The number of oxime groups is 1. The number of allylic oxidation sites excluding steroid dienone is 1. The van der Waals surface area contributed by atoms with E-state index in [1.165, 1.54) is 12.1 Å². The van der Waals surface area contributed by atoms with Crippen LogP contribution in [0.4, 0.5) is 10.5 Å². The van der Waals surface area contributed by atoms with E-state index in [0.29, 0.717) is 49.7 Å². The van der Waals surface area contributed by atoms with E-state index in [2.05, 4.69) is 12.7 Å². The first kappa shape index (κ1) is 49.1. The van der Waals surface area contributed by atoms with Crippen LogP contribution < -0.4 is 9.47 Å². The van der Waals surface area contributed by atoms with Crippen LogP contribution >= 0.6 is 0 Å². The van der Waals surface area contributed by atoms with Crippen molar-refractivity contribution in [2.45, 2.75) is 76.2 Å². The van der Waals surface area contributed by atoms with Crippen LogP contribution in [-0.2, 0) is 30.4 Å². The van der Waals surface area contributed by atoms with Gasteiger partial charge >= 0.3 is 6.09 Å². The van der Waals surface area contributed by atoms with Gasteiger partial charge in [-0.25, -0.2) is 4.79 Å². The number of fused-ring (bicyclic) bond motifs is 2. The van der Waals surface area contributed by atoms with E-state index in [9.17, 15) is 30.2 Å². The summed E-state index contributed by atoms with van der Waals surface area (Å²) in [5.74, 6) is -1.35. The summed E-state index contributed by atoms with van der Waals surface area (Å²) in [6.07, 6.45) is 7.56. The zero-order valence-corrected chi connectivity index (χ0v) is 37.2. The highest BCUT2D eigenvalue weighted by atomic mass is 16.7. The van der Waals surface area contributed by atoms with Crippen LogP contribution in [0.1, 0.15) is 68.9 Å². The van der Waals surface area contributed by atoms with Gasteiger partial charge < -0.3 is 48.6 Å². The van der Waals surface area contributed by atoms with Crippen molar-refractivity contribution in [1.29, 1.82) is 0 Å². The number of aliphatic hydroxyl groups is 3. The van der Waals surface area contributed by atoms with Gasteiger partial charge in [-0.05, 0) is 79.8 Å². The maximum absolute atomic E-state index is 14.6. The van der Waals surface area contributed by atoms with Crippen LogP contribution in [-0.4, -0.2) is 115 Å². The number of carbonyl (C=O) groups excluding carboxylic acids is 1. The Labute approximate surface area is 380 Å². The topological polar surface area (TPSA) is 201 Å². The Bertz CT molecular complexity index is 2070. The van der Waals surface area contributed by atoms with Gasteiger partial charge in [-0.1, -0.05) is 66.5 Å². The maximum atomic E-state index is 14.6. The Morgan fingerprint density at radius 3 is 2.46 bits per heavy atom. The molecule has 0 spiro atoms. The average Bonchev–Trinajstić information content (AvgIpc) is 3.32. The zero-order valence-electron chi connectivity index (χ0n) is 37.2. The molecule has 352 valence electrons. The lowest BCUT2D eigenvalue weighted by Crippen LogP contribution is -2.70. The molecule has 1 aliphatic heterocycles. The van der Waals surface area contributed by atoms with Crippen molar-refractivity contribution < 1.29 is 58.3 Å². The molecule has 6 rings (SSSR count). The van der Waals surface area contributed by atoms with E-state index in [1.807, 2.05) is 43.3 Å². The number of nitro groups is 1. The fourth-order valence-corrected chi connectivity index (χ4v) is 9.39. The summed E-state index contributed by atoms with van der Waals surface area (Å²) >= 11 is 0. The molecule has 65 heavy (non-hydrogen) atoms. The maximum Gasteiger partial charge on any atom is 0.410 e. The van der Waals surface area contributed by atoms with Crippen LogP contribution in [0.5, 0.6) is 17.2 Å². The number of nitrogens with zero attached hydrogens (tertiary/aromatic N) is 3. The van der Waals surface area contributed by atoms with Crippen LogP contribution in [0.3, 0.4) is 0 Å². The second-order valence-electron chi connectivity index (χ2n) is 16.2. The lowest BCUT2D eigenvalue weighted by atomic mass is 9.55. The monoisotopic (exact) mass is 901 g/mol. The number of rotatable bonds is 27. The Balaban J connectivity index is 1.48. The van der Waals surface area contributed by atoms with E-state index in [4.69, 9.17) is 38.4 Å². The van der Waals surface area contributed by atoms with Gasteiger partial charge in [0.05, 0.1) is 62.3 Å². The summed E-state index contributed by atoms with van der Waals surface area (Å²) in [5.41, 5.74) is 3.16. The number of hydrogen-bond donors (Lipinski definition) is 3. The highest BCUT2D eigenvalue weighted by molar-refractivity contribution is 6.03. The molecule has 6 atom stereocenters. The number of hydrogen-bond acceptors (Lipinski definition) is 14. The minimum Gasteiger partial charge on any atom is -0.459 e. The molecule has 1 heterocycles. The first-order valence-electron chi connectivity index (χ1n) is 22.6. The van der Waals surface area contributed by atoms with E-state index in [0.717, 1.165) is 36.0 Å². The highest BCUT2D eigenvalue weighted by Gasteiger charge is 2.65. The summed E-state index contributed by atoms with van der Waals surface area (Å²) in [6.45, 7) is 6.69. The normalized spacial score (nSPS) is 22.5. The molecule has 3 aromatic carbocycles. The number of non-ortho nitro benzene ring substituents is 1. The van der Waals surface area contributed by atoms with E-state index < -0.39 is 28.8 Å². The zero-order chi connectivity index (χ0) is 46.0. The fourth-order valence-electron chi connectivity index (χ4n) is 9.39. The Kier molecular flexibility index (Phi) is 18.7. The SMILES string of the molecule is C=CCO[C@@]12Oc3ccc(Oc4cccc([N+](=O)[O-])c4)cc3[C@H]3[C@H](CCCCO)[C@@H](CCCCO)C=C(C(=NOCC)C[C@@H]1N(CCOCCO)C(=O)OCCOCc1ccccc1)[C@H]32. The lowest BCUT2D eigenvalue weighted by Gasteiger charge is -2.59. The summed E-state index contributed by atoms with van der Waals surface area (Å²) in [5, 5.41) is 45.8. The Hall–Kier alpha value is -5.36. The molecule has 1 amide bonds. The van der Waals surface area contributed by atoms with Crippen molar-refractivity contribution in [1.82, 2.24) is 4.90 Å². The number of nitro benzene ring substituents is 1. The van der Waals surface area contributed by atoms with Crippen LogP contribution in [0, 0.1) is 27.9 Å². The van der Waals surface area contributed by atoms with Gasteiger partial charge in [-0.2, -0.15) is 0 Å². The van der Waals surface area contributed by atoms with Gasteiger partial charge in [0.15, 0.2) is 0 Å². The van der Waals surface area contributed by atoms with Gasteiger partial charge in [-0.3, -0.25) is 15.0 Å². The fraction of sp³-hybridized carbons (Fsp3) is 0.510. The summed E-state index contributed by atoms with van der Waals surface area (Å²) in [7, 11) is 0. The second-order valence-corrected chi connectivity index (χ2v) is 16.2. The molecule has 1 saturated carbocycles. The predicted octanol–water partition coefficient (Wildman–Crippen LogP) is 7.70. The van der Waals surface area contributed by atoms with Gasteiger partial charge in [0.2, 0.25) is 5.79 Å². The van der Waals surface area contributed by atoms with Crippen LogP contribution in [0.25, 0.3) is 0 Å². The molecule has 3 aliphatic rings. The summed E-state index contributed by atoms with van der Waals surface area (Å²) in [6, 6.07) is 20.3. The van der Waals surface area contributed by atoms with Gasteiger partial charge in [0.25, 0.3) is 5.69 Å². The quantitative estimate of drug-likeness (QED) is 0.0291. The third kappa shape index (κ3) is 12.3. The van der Waals surface area contributed by atoms with Gasteiger partial charge in [-0.15, -0.1) is 6.58 Å². The standard InChI is InChI=1S/C49H63N3O13/c1-3-25-62-49-45(51(21-26-59-27-24-55)48(56)61-29-28-60-34-35-13-6-5-7-14-35)33-43(50-63-4-2)41-30-36(15-8-10-22-53)40(18-9-11-23-54)46(47(41)49)42-32-39(19-20-44(42)65-49)64-38-17-12-16-37(31-38)52(57)58/h3,5-7,12-14,16-17,19-20,30-32,36,40,45-47,53-55H,1,4,8-11,15,18,21-29,33-34H2,2H3/t36-,40+,45-,46+,47+,49+/m0/s1. The number of amides is 1. The lowest BCUT2D eigenvalue weighted by molar-refractivity contribution is -0.384. The molecular weight excluding hydrogens is 839 g/mol. The van der Waals surface area contributed by atoms with Crippen LogP contribution in [0.2, 0.25) is 0 Å². The van der Waals surface area contributed by atoms with Crippen LogP contribution in [0.15, 0.2) is 102 Å². The van der Waals surface area contributed by atoms with Crippen molar-refractivity contribution in [2.24, 2.45) is 22.9 Å². The molecule has 3 N–H and O–H groups in total. The highest BCUT2D eigenvalue weighted by Crippen LogP contribution is 2.62. The number of unbranched alkanes of at least 4 members (excludes halogenated alkanes) is 2. The van der Waals surface area contributed by atoms with E-state index >= 15 is 0 Å². The third-order valence-electron chi connectivity index (χ3n) is 12.1. The van der Waals surface area contributed by atoms with Gasteiger partial charge in [0.1, 0.15) is 36.5 Å². The molecule has 16 nitrogen and oxygen atoms in total. The Morgan fingerprint density at radius 2 is 1.72 bits per heavy atom. The molecule has 0 bridgehead atoms. The molecule has 3 aromatic rings. The van der Waals surface area contributed by atoms with Gasteiger partial charge in [0, 0.05) is 43.7 Å². The smallest absolute Gasteiger partial charge is 0.410 e. The van der Waals surface area contributed by atoms with Crippen molar-refractivity contribution >= 4 is 17.5 Å². The predicted molar refractivity (Wildman–Crippen MR) is 242 cm³/mol. The average molecular weight is 902 g/mol. The molecule has 2 aliphatic carbocycles. The number of benzene rings is 3.